The molecular formula is C11H21N3O2. The quantitative estimate of drug-likeness (QED) is 0.701. The summed E-state index contributed by atoms with van der Waals surface area (Å²) in [7, 11) is 0. The Labute approximate surface area is 96.1 Å². The second-order valence-corrected chi connectivity index (χ2v) is 4.59. The molecule has 4 N–H and O–H groups in total. The van der Waals surface area contributed by atoms with E-state index in [0.717, 1.165) is 12.8 Å². The van der Waals surface area contributed by atoms with Gasteiger partial charge >= 0.3 is 0 Å². The Bertz CT molecular complexity index is 278. The van der Waals surface area contributed by atoms with Gasteiger partial charge < -0.3 is 16.4 Å². The minimum absolute atomic E-state index is 0.0569. The molecule has 3 unspecified atom stereocenters. The van der Waals surface area contributed by atoms with Crippen molar-refractivity contribution in [3.8, 4) is 0 Å². The molecule has 0 radical (unpaired) electrons. The van der Waals surface area contributed by atoms with E-state index in [4.69, 9.17) is 11.5 Å². The molecule has 2 amide bonds. The molecule has 1 aliphatic rings. The van der Waals surface area contributed by atoms with E-state index in [9.17, 15) is 9.59 Å². The Morgan fingerprint density at radius 1 is 1.31 bits per heavy atom. The first-order valence-corrected chi connectivity index (χ1v) is 5.80. The van der Waals surface area contributed by atoms with Crippen molar-refractivity contribution >= 4 is 11.8 Å². The lowest BCUT2D eigenvalue weighted by Gasteiger charge is -2.36. The summed E-state index contributed by atoms with van der Waals surface area (Å²) in [5.74, 6) is -0.733. The van der Waals surface area contributed by atoms with Crippen LogP contribution in [-0.4, -0.2) is 35.3 Å². The molecule has 0 aromatic heterocycles. The van der Waals surface area contributed by atoms with E-state index in [0.29, 0.717) is 13.0 Å². The van der Waals surface area contributed by atoms with Crippen LogP contribution in [0.15, 0.2) is 0 Å². The van der Waals surface area contributed by atoms with Crippen LogP contribution >= 0.6 is 0 Å². The van der Waals surface area contributed by atoms with Crippen molar-refractivity contribution < 1.29 is 9.59 Å². The SMILES string of the molecule is CC(N)C(C)C(=O)N1CCCCC1C(N)=O. The number of amides is 2. The van der Waals surface area contributed by atoms with Crippen molar-refractivity contribution in [3.63, 3.8) is 0 Å². The highest BCUT2D eigenvalue weighted by molar-refractivity contribution is 5.88. The maximum atomic E-state index is 12.1. The maximum absolute atomic E-state index is 12.1. The number of likely N-dealkylation sites (tertiary alicyclic amines) is 1. The molecule has 0 bridgehead atoms. The average molecular weight is 227 g/mol. The van der Waals surface area contributed by atoms with Crippen molar-refractivity contribution in [1.82, 2.24) is 4.90 Å². The predicted octanol–water partition coefficient (Wildman–Crippen LogP) is -0.164. The highest BCUT2D eigenvalue weighted by Gasteiger charge is 2.33. The highest BCUT2D eigenvalue weighted by Crippen LogP contribution is 2.19. The molecule has 0 aromatic rings. The second-order valence-electron chi connectivity index (χ2n) is 4.59. The molecule has 92 valence electrons. The van der Waals surface area contributed by atoms with Gasteiger partial charge in [0.1, 0.15) is 6.04 Å². The van der Waals surface area contributed by atoms with E-state index < -0.39 is 11.9 Å². The largest absolute Gasteiger partial charge is 0.368 e. The van der Waals surface area contributed by atoms with Crippen LogP contribution in [0.1, 0.15) is 33.1 Å². The van der Waals surface area contributed by atoms with Crippen molar-refractivity contribution in [1.29, 1.82) is 0 Å². The number of rotatable bonds is 3. The van der Waals surface area contributed by atoms with Gasteiger partial charge in [0.15, 0.2) is 0 Å². The summed E-state index contributed by atoms with van der Waals surface area (Å²) in [5.41, 5.74) is 11.0. The molecule has 16 heavy (non-hydrogen) atoms. The molecule has 1 rings (SSSR count). The number of piperidine rings is 1. The fourth-order valence-electron chi connectivity index (χ4n) is 1.98. The Hall–Kier alpha value is -1.10. The summed E-state index contributed by atoms with van der Waals surface area (Å²) < 4.78 is 0. The van der Waals surface area contributed by atoms with Crippen molar-refractivity contribution in [2.75, 3.05) is 6.54 Å². The van der Waals surface area contributed by atoms with E-state index >= 15 is 0 Å². The molecule has 0 spiro atoms. The van der Waals surface area contributed by atoms with Gasteiger partial charge in [-0.05, 0) is 26.2 Å². The zero-order valence-corrected chi connectivity index (χ0v) is 9.98. The Kier molecular flexibility index (Phi) is 4.29. The van der Waals surface area contributed by atoms with Crippen LogP contribution in [0.2, 0.25) is 0 Å². The summed E-state index contributed by atoms with van der Waals surface area (Å²) in [5, 5.41) is 0. The summed E-state index contributed by atoms with van der Waals surface area (Å²) in [6, 6.07) is -0.648. The molecule has 0 aliphatic carbocycles. The number of hydrogen-bond acceptors (Lipinski definition) is 3. The minimum atomic E-state index is -0.442. The standard InChI is InChI=1S/C11H21N3O2/c1-7(8(2)12)11(16)14-6-4-3-5-9(14)10(13)15/h7-9H,3-6,12H2,1-2H3,(H2,13,15). The van der Waals surface area contributed by atoms with Gasteiger partial charge in [-0.25, -0.2) is 0 Å². The topological polar surface area (TPSA) is 89.4 Å². The number of hydrogen-bond donors (Lipinski definition) is 2. The first kappa shape index (κ1) is 13.0. The minimum Gasteiger partial charge on any atom is -0.368 e. The van der Waals surface area contributed by atoms with E-state index in [1.165, 1.54) is 0 Å². The Balaban J connectivity index is 2.75. The molecular weight excluding hydrogens is 206 g/mol. The summed E-state index contributed by atoms with van der Waals surface area (Å²) in [6.45, 7) is 4.20. The van der Waals surface area contributed by atoms with E-state index in [-0.39, 0.29) is 17.9 Å². The number of carbonyl (C=O) groups is 2. The summed E-state index contributed by atoms with van der Waals surface area (Å²) in [4.78, 5) is 24.9. The molecule has 1 aliphatic heterocycles. The van der Waals surface area contributed by atoms with Crippen LogP contribution in [0.25, 0.3) is 0 Å². The molecule has 0 saturated carbocycles. The lowest BCUT2D eigenvalue weighted by molar-refractivity contribution is -0.144. The number of primary amides is 1. The summed E-state index contributed by atoms with van der Waals surface area (Å²) in [6.07, 6.45) is 2.55. The highest BCUT2D eigenvalue weighted by atomic mass is 16.2. The van der Waals surface area contributed by atoms with Gasteiger partial charge in [0, 0.05) is 12.6 Å². The lowest BCUT2D eigenvalue weighted by Crippen LogP contribution is -2.53. The van der Waals surface area contributed by atoms with Crippen molar-refractivity contribution in [2.24, 2.45) is 17.4 Å². The van der Waals surface area contributed by atoms with Crippen LogP contribution in [-0.2, 0) is 9.59 Å². The predicted molar refractivity (Wildman–Crippen MR) is 61.4 cm³/mol. The third-order valence-electron chi connectivity index (χ3n) is 3.29. The Morgan fingerprint density at radius 3 is 2.44 bits per heavy atom. The van der Waals surface area contributed by atoms with Gasteiger partial charge in [0.2, 0.25) is 11.8 Å². The molecule has 0 aromatic carbocycles. The molecule has 5 nitrogen and oxygen atoms in total. The van der Waals surface area contributed by atoms with Gasteiger partial charge in [-0.3, -0.25) is 9.59 Å². The first-order chi connectivity index (χ1) is 7.45. The van der Waals surface area contributed by atoms with Crippen molar-refractivity contribution in [3.05, 3.63) is 0 Å². The second kappa shape index (κ2) is 5.30. The van der Waals surface area contributed by atoms with Gasteiger partial charge in [-0.1, -0.05) is 6.92 Å². The smallest absolute Gasteiger partial charge is 0.240 e. The van der Waals surface area contributed by atoms with E-state index in [1.54, 1.807) is 18.7 Å². The van der Waals surface area contributed by atoms with E-state index in [1.807, 2.05) is 0 Å². The van der Waals surface area contributed by atoms with Crippen molar-refractivity contribution in [2.45, 2.75) is 45.2 Å². The first-order valence-electron chi connectivity index (χ1n) is 5.80. The van der Waals surface area contributed by atoms with Crippen LogP contribution in [0.5, 0.6) is 0 Å². The number of nitrogens with two attached hydrogens (primary N) is 2. The lowest BCUT2D eigenvalue weighted by atomic mass is 9.96. The fraction of sp³-hybridized carbons (Fsp3) is 0.818. The normalized spacial score (nSPS) is 24.9. The van der Waals surface area contributed by atoms with Crippen LogP contribution in [0.4, 0.5) is 0 Å². The van der Waals surface area contributed by atoms with Crippen LogP contribution in [0, 0.1) is 5.92 Å². The third kappa shape index (κ3) is 2.72. The molecule has 3 atom stereocenters. The zero-order chi connectivity index (χ0) is 12.3. The van der Waals surface area contributed by atoms with Gasteiger partial charge in [0.25, 0.3) is 0 Å². The van der Waals surface area contributed by atoms with Gasteiger partial charge in [-0.2, -0.15) is 0 Å². The Morgan fingerprint density at radius 2 is 1.94 bits per heavy atom. The number of nitrogens with zero attached hydrogens (tertiary/aromatic N) is 1. The maximum Gasteiger partial charge on any atom is 0.240 e. The molecule has 5 heteroatoms. The summed E-state index contributed by atoms with van der Waals surface area (Å²) >= 11 is 0. The van der Waals surface area contributed by atoms with Crippen LogP contribution < -0.4 is 11.5 Å². The average Bonchev–Trinajstić information content (AvgIpc) is 2.26. The van der Waals surface area contributed by atoms with E-state index in [2.05, 4.69) is 0 Å². The molecule has 1 saturated heterocycles. The van der Waals surface area contributed by atoms with Crippen LogP contribution in [0.3, 0.4) is 0 Å². The molecule has 1 fully saturated rings. The zero-order valence-electron chi connectivity index (χ0n) is 9.98. The fourth-order valence-corrected chi connectivity index (χ4v) is 1.98. The molecule has 1 heterocycles. The third-order valence-corrected chi connectivity index (χ3v) is 3.29. The number of carbonyl (C=O) groups excluding carboxylic acids is 2. The monoisotopic (exact) mass is 227 g/mol. The van der Waals surface area contributed by atoms with Gasteiger partial charge in [0.05, 0.1) is 5.92 Å². The van der Waals surface area contributed by atoms with Gasteiger partial charge in [-0.15, -0.1) is 0 Å².